The van der Waals surface area contributed by atoms with Crippen molar-refractivity contribution in [3.8, 4) is 17.2 Å². The van der Waals surface area contributed by atoms with Crippen molar-refractivity contribution in [1.29, 1.82) is 0 Å². The molecule has 140 valence electrons. The third-order valence-corrected chi connectivity index (χ3v) is 4.92. The van der Waals surface area contributed by atoms with Crippen LogP contribution in [0.5, 0.6) is 17.2 Å². The molecule has 0 unspecified atom stereocenters. The molecule has 0 atom stereocenters. The summed E-state index contributed by atoms with van der Waals surface area (Å²) in [5.74, 6) is 1.83. The number of amides is 1. The van der Waals surface area contributed by atoms with E-state index < -0.39 is 0 Å². The van der Waals surface area contributed by atoms with Gasteiger partial charge in [0.1, 0.15) is 23.3 Å². The van der Waals surface area contributed by atoms with Gasteiger partial charge in [0, 0.05) is 0 Å². The number of thiocarbonyl (C=S) groups is 1. The Labute approximate surface area is 167 Å². The van der Waals surface area contributed by atoms with E-state index in [0.29, 0.717) is 33.9 Å². The number of ether oxygens (including phenoxy) is 3. The Bertz CT molecular complexity index is 878. The van der Waals surface area contributed by atoms with Crippen LogP contribution in [0.1, 0.15) is 11.1 Å². The number of thioether (sulfide) groups is 1. The number of aryl methyl sites for hydroxylation is 1. The lowest BCUT2D eigenvalue weighted by molar-refractivity contribution is -0.115. The van der Waals surface area contributed by atoms with Gasteiger partial charge in [0.15, 0.2) is 11.5 Å². The second-order valence-electron chi connectivity index (χ2n) is 5.77. The highest BCUT2D eigenvalue weighted by Gasteiger charge is 2.22. The van der Waals surface area contributed by atoms with E-state index in [4.69, 9.17) is 26.4 Å². The van der Waals surface area contributed by atoms with E-state index in [0.717, 1.165) is 11.3 Å². The number of rotatable bonds is 7. The van der Waals surface area contributed by atoms with Gasteiger partial charge in [0.2, 0.25) is 0 Å². The maximum Gasteiger partial charge on any atom is 0.263 e. The van der Waals surface area contributed by atoms with Crippen LogP contribution in [0.3, 0.4) is 0 Å². The number of benzene rings is 2. The molecule has 1 heterocycles. The highest BCUT2D eigenvalue weighted by Crippen LogP contribution is 2.31. The lowest BCUT2D eigenvalue weighted by Crippen LogP contribution is -2.17. The Morgan fingerprint density at radius 1 is 1.07 bits per heavy atom. The van der Waals surface area contributed by atoms with Gasteiger partial charge in [0.25, 0.3) is 5.91 Å². The minimum Gasteiger partial charge on any atom is -0.493 e. The van der Waals surface area contributed by atoms with Crippen LogP contribution in [0.15, 0.2) is 47.4 Å². The lowest BCUT2D eigenvalue weighted by Gasteiger charge is -2.12. The molecule has 1 fully saturated rings. The number of nitrogens with one attached hydrogen (secondary N) is 1. The molecule has 0 aromatic heterocycles. The standard InChI is InChI=1S/C20H19NO4S2/c1-13-3-6-15(7-4-13)24-9-10-25-16-8-5-14(11-17(16)23-2)12-18-19(22)21-20(26)27-18/h3-8,11-12H,9-10H2,1-2H3,(H,21,22,26)/b18-12-. The van der Waals surface area contributed by atoms with Gasteiger partial charge < -0.3 is 19.5 Å². The summed E-state index contributed by atoms with van der Waals surface area (Å²) < 4.78 is 17.3. The van der Waals surface area contributed by atoms with Gasteiger partial charge in [-0.05, 0) is 42.8 Å². The minimum absolute atomic E-state index is 0.183. The van der Waals surface area contributed by atoms with Crippen molar-refractivity contribution in [2.75, 3.05) is 20.3 Å². The van der Waals surface area contributed by atoms with Gasteiger partial charge in [-0.1, -0.05) is 47.7 Å². The average molecular weight is 402 g/mol. The van der Waals surface area contributed by atoms with E-state index in [1.54, 1.807) is 13.2 Å². The first-order valence-corrected chi connectivity index (χ1v) is 9.53. The normalized spacial score (nSPS) is 15.0. The molecule has 0 radical (unpaired) electrons. The van der Waals surface area contributed by atoms with Gasteiger partial charge >= 0.3 is 0 Å². The maximum absolute atomic E-state index is 11.8. The molecule has 0 bridgehead atoms. The van der Waals surface area contributed by atoms with Crippen molar-refractivity contribution >= 4 is 40.3 Å². The first-order chi connectivity index (χ1) is 13.0. The fraction of sp³-hybridized carbons (Fsp3) is 0.200. The molecule has 1 N–H and O–H groups in total. The first-order valence-electron chi connectivity index (χ1n) is 8.30. The topological polar surface area (TPSA) is 56.8 Å². The third kappa shape index (κ3) is 5.24. The van der Waals surface area contributed by atoms with Crippen LogP contribution >= 0.6 is 24.0 Å². The Morgan fingerprint density at radius 2 is 1.81 bits per heavy atom. The summed E-state index contributed by atoms with van der Waals surface area (Å²) in [5.41, 5.74) is 2.02. The summed E-state index contributed by atoms with van der Waals surface area (Å²) in [6, 6.07) is 13.4. The van der Waals surface area contributed by atoms with Crippen LogP contribution < -0.4 is 19.5 Å². The molecule has 0 spiro atoms. The fourth-order valence-electron chi connectivity index (χ4n) is 2.41. The van der Waals surface area contributed by atoms with Crippen molar-refractivity contribution < 1.29 is 19.0 Å². The molecular formula is C20H19NO4S2. The largest absolute Gasteiger partial charge is 0.493 e. The molecular weight excluding hydrogens is 382 g/mol. The zero-order valence-corrected chi connectivity index (χ0v) is 16.6. The molecule has 1 amide bonds. The number of hydrogen-bond acceptors (Lipinski definition) is 6. The van der Waals surface area contributed by atoms with Crippen molar-refractivity contribution in [1.82, 2.24) is 5.32 Å². The second-order valence-corrected chi connectivity index (χ2v) is 7.49. The molecule has 7 heteroatoms. The van der Waals surface area contributed by atoms with Gasteiger partial charge in [-0.15, -0.1) is 0 Å². The summed E-state index contributed by atoms with van der Waals surface area (Å²) >= 11 is 6.24. The zero-order valence-electron chi connectivity index (χ0n) is 15.0. The van der Waals surface area contributed by atoms with Crippen LogP contribution in [0.25, 0.3) is 6.08 Å². The first kappa shape index (κ1) is 19.3. The zero-order chi connectivity index (χ0) is 19.2. The van der Waals surface area contributed by atoms with Crippen molar-refractivity contribution in [2.45, 2.75) is 6.92 Å². The summed E-state index contributed by atoms with van der Waals surface area (Å²) in [6.07, 6.45) is 1.77. The Morgan fingerprint density at radius 3 is 2.48 bits per heavy atom. The highest BCUT2D eigenvalue weighted by atomic mass is 32.2. The average Bonchev–Trinajstić information content (AvgIpc) is 2.98. The molecule has 3 rings (SSSR count). The number of hydrogen-bond donors (Lipinski definition) is 1. The molecule has 1 saturated heterocycles. The Balaban J connectivity index is 1.59. The monoisotopic (exact) mass is 401 g/mol. The smallest absolute Gasteiger partial charge is 0.263 e. The quantitative estimate of drug-likeness (QED) is 0.431. The third-order valence-electron chi connectivity index (χ3n) is 3.76. The van der Waals surface area contributed by atoms with Crippen LogP contribution in [0, 0.1) is 6.92 Å². The molecule has 1 aliphatic heterocycles. The van der Waals surface area contributed by atoms with Crippen LogP contribution in [0.4, 0.5) is 0 Å². The second kappa shape index (κ2) is 8.92. The van der Waals surface area contributed by atoms with E-state index in [2.05, 4.69) is 5.32 Å². The van der Waals surface area contributed by atoms with Crippen molar-refractivity contribution in [3.63, 3.8) is 0 Å². The maximum atomic E-state index is 11.8. The summed E-state index contributed by atoms with van der Waals surface area (Å²) in [6.45, 7) is 2.84. The number of carbonyl (C=O) groups is 1. The van der Waals surface area contributed by atoms with Crippen LogP contribution in [-0.4, -0.2) is 30.6 Å². The molecule has 0 aliphatic carbocycles. The van der Waals surface area contributed by atoms with Crippen molar-refractivity contribution in [3.05, 3.63) is 58.5 Å². The van der Waals surface area contributed by atoms with Gasteiger partial charge in [-0.2, -0.15) is 0 Å². The van der Waals surface area contributed by atoms with E-state index >= 15 is 0 Å². The summed E-state index contributed by atoms with van der Waals surface area (Å²) in [7, 11) is 1.58. The predicted molar refractivity (Wildman–Crippen MR) is 111 cm³/mol. The van der Waals surface area contributed by atoms with Crippen molar-refractivity contribution in [2.24, 2.45) is 0 Å². The predicted octanol–water partition coefficient (Wildman–Crippen LogP) is 3.95. The van der Waals surface area contributed by atoms with E-state index in [1.807, 2.05) is 49.4 Å². The molecule has 5 nitrogen and oxygen atoms in total. The van der Waals surface area contributed by atoms with Gasteiger partial charge in [-0.3, -0.25) is 4.79 Å². The highest BCUT2D eigenvalue weighted by molar-refractivity contribution is 8.26. The molecule has 1 aliphatic rings. The SMILES string of the molecule is COc1cc(/C=C2\SC(=S)NC2=O)ccc1OCCOc1ccc(C)cc1. The molecule has 0 saturated carbocycles. The van der Waals surface area contributed by atoms with E-state index in [9.17, 15) is 4.79 Å². The molecule has 2 aromatic carbocycles. The molecule has 2 aromatic rings. The Hall–Kier alpha value is -2.51. The van der Waals surface area contributed by atoms with Crippen LogP contribution in [-0.2, 0) is 4.79 Å². The number of carbonyl (C=O) groups excluding carboxylic acids is 1. The Kier molecular flexibility index (Phi) is 6.36. The molecule has 27 heavy (non-hydrogen) atoms. The minimum atomic E-state index is -0.183. The number of methoxy groups -OCH3 is 1. The van der Waals surface area contributed by atoms with E-state index in [-0.39, 0.29) is 5.91 Å². The van der Waals surface area contributed by atoms with E-state index in [1.165, 1.54) is 17.3 Å². The fourth-order valence-corrected chi connectivity index (χ4v) is 3.46. The van der Waals surface area contributed by atoms with Gasteiger partial charge in [0.05, 0.1) is 12.0 Å². The van der Waals surface area contributed by atoms with Gasteiger partial charge in [-0.25, -0.2) is 0 Å². The van der Waals surface area contributed by atoms with Crippen LogP contribution in [0.2, 0.25) is 0 Å². The summed E-state index contributed by atoms with van der Waals surface area (Å²) in [5, 5.41) is 2.60. The lowest BCUT2D eigenvalue weighted by atomic mass is 10.2. The summed E-state index contributed by atoms with van der Waals surface area (Å²) in [4.78, 5) is 12.3.